The molecule has 0 aliphatic heterocycles. The second kappa shape index (κ2) is 5.63. The summed E-state index contributed by atoms with van der Waals surface area (Å²) >= 11 is 8.13. The number of aryl methyl sites for hydroxylation is 1. The third-order valence-electron chi connectivity index (χ3n) is 2.59. The molecule has 19 heavy (non-hydrogen) atoms. The van der Waals surface area contributed by atoms with Gasteiger partial charge >= 0.3 is 0 Å². The normalized spacial score (nSPS) is 10.3. The summed E-state index contributed by atoms with van der Waals surface area (Å²) in [5.41, 5.74) is 7.80. The van der Waals surface area contributed by atoms with Crippen molar-refractivity contribution in [3.05, 3.63) is 51.9 Å². The van der Waals surface area contributed by atoms with Crippen molar-refractivity contribution in [3.8, 4) is 0 Å². The molecule has 0 spiro atoms. The number of nitrogens with one attached hydrogen (secondary N) is 1. The third kappa shape index (κ3) is 3.08. The number of nitrogens with zero attached hydrogens (tertiary/aromatic N) is 1. The van der Waals surface area contributed by atoms with Crippen LogP contribution < -0.4 is 11.1 Å². The van der Waals surface area contributed by atoms with Gasteiger partial charge in [0, 0.05) is 11.9 Å². The third-order valence-corrected chi connectivity index (χ3v) is 3.42. The summed E-state index contributed by atoms with van der Waals surface area (Å²) in [6, 6.07) is 6.64. The van der Waals surface area contributed by atoms with Gasteiger partial charge in [0.15, 0.2) is 0 Å². The Morgan fingerprint density at radius 3 is 2.89 bits per heavy atom. The largest absolute Gasteiger partial charge is 0.389 e. The fraction of sp³-hybridized carbons (Fsp3) is 0.0769. The number of pyridine rings is 1. The first-order chi connectivity index (χ1) is 8.99. The van der Waals surface area contributed by atoms with Crippen molar-refractivity contribution in [3.63, 3.8) is 0 Å². The quantitative estimate of drug-likeness (QED) is 0.837. The van der Waals surface area contributed by atoms with Gasteiger partial charge in [0.1, 0.15) is 16.6 Å². The van der Waals surface area contributed by atoms with Crippen LogP contribution in [0.5, 0.6) is 0 Å². The van der Waals surface area contributed by atoms with Crippen molar-refractivity contribution >= 4 is 44.6 Å². The maximum Gasteiger partial charge on any atom is 0.140 e. The fourth-order valence-electron chi connectivity index (χ4n) is 1.61. The van der Waals surface area contributed by atoms with E-state index in [-0.39, 0.29) is 10.8 Å². The standard InChI is InChI=1S/C13H11BrFN3S/c1-7-5-10(15)9(14)6-11(7)18-13-8(12(16)19)3-2-4-17-13/h2-6H,1H3,(H2,16,19)(H,17,18). The molecule has 3 nitrogen and oxygen atoms in total. The maximum absolute atomic E-state index is 13.4. The number of hydrogen-bond acceptors (Lipinski definition) is 3. The number of benzene rings is 1. The fourth-order valence-corrected chi connectivity index (χ4v) is 2.12. The maximum atomic E-state index is 13.4. The van der Waals surface area contributed by atoms with Crippen LogP contribution in [0.3, 0.4) is 0 Å². The van der Waals surface area contributed by atoms with E-state index in [1.54, 1.807) is 31.3 Å². The van der Waals surface area contributed by atoms with Crippen LogP contribution in [0, 0.1) is 12.7 Å². The second-order valence-corrected chi connectivity index (χ2v) is 5.26. The van der Waals surface area contributed by atoms with Gasteiger partial charge in [-0.05, 0) is 52.7 Å². The Hall–Kier alpha value is -1.53. The molecule has 0 atom stereocenters. The summed E-state index contributed by atoms with van der Waals surface area (Å²) in [6.45, 7) is 1.81. The highest BCUT2D eigenvalue weighted by molar-refractivity contribution is 9.10. The van der Waals surface area contributed by atoms with Crippen LogP contribution >= 0.6 is 28.1 Å². The summed E-state index contributed by atoms with van der Waals surface area (Å²) in [6.07, 6.45) is 1.64. The predicted octanol–water partition coefficient (Wildman–Crippen LogP) is 3.67. The van der Waals surface area contributed by atoms with Gasteiger partial charge in [0.2, 0.25) is 0 Å². The van der Waals surface area contributed by atoms with Crippen molar-refractivity contribution in [1.82, 2.24) is 4.98 Å². The molecule has 1 aromatic carbocycles. The van der Waals surface area contributed by atoms with Crippen LogP contribution in [-0.4, -0.2) is 9.97 Å². The van der Waals surface area contributed by atoms with Crippen molar-refractivity contribution in [2.45, 2.75) is 6.92 Å². The van der Waals surface area contributed by atoms with Crippen molar-refractivity contribution in [2.24, 2.45) is 5.73 Å². The van der Waals surface area contributed by atoms with E-state index in [0.29, 0.717) is 15.9 Å². The lowest BCUT2D eigenvalue weighted by Gasteiger charge is -2.12. The average Bonchev–Trinajstić information content (AvgIpc) is 2.36. The van der Waals surface area contributed by atoms with Gasteiger partial charge in [-0.1, -0.05) is 12.2 Å². The first-order valence-electron chi connectivity index (χ1n) is 5.46. The second-order valence-electron chi connectivity index (χ2n) is 3.97. The molecule has 3 N–H and O–H groups in total. The van der Waals surface area contributed by atoms with E-state index in [4.69, 9.17) is 18.0 Å². The zero-order chi connectivity index (χ0) is 14.0. The molecule has 0 amide bonds. The van der Waals surface area contributed by atoms with E-state index in [0.717, 1.165) is 11.3 Å². The number of anilines is 2. The molecular weight excluding hydrogens is 329 g/mol. The van der Waals surface area contributed by atoms with Crippen LogP contribution in [0.2, 0.25) is 0 Å². The molecule has 0 unspecified atom stereocenters. The van der Waals surface area contributed by atoms with Crippen LogP contribution in [0.4, 0.5) is 15.9 Å². The van der Waals surface area contributed by atoms with Crippen molar-refractivity contribution in [1.29, 1.82) is 0 Å². The van der Waals surface area contributed by atoms with E-state index < -0.39 is 0 Å². The summed E-state index contributed by atoms with van der Waals surface area (Å²) in [4.78, 5) is 4.46. The van der Waals surface area contributed by atoms with E-state index in [1.807, 2.05) is 0 Å². The van der Waals surface area contributed by atoms with E-state index in [2.05, 4.69) is 26.2 Å². The first-order valence-corrected chi connectivity index (χ1v) is 6.66. The van der Waals surface area contributed by atoms with E-state index in [1.165, 1.54) is 6.07 Å². The van der Waals surface area contributed by atoms with Crippen LogP contribution in [0.15, 0.2) is 34.9 Å². The minimum atomic E-state index is -0.307. The zero-order valence-corrected chi connectivity index (χ0v) is 12.5. The monoisotopic (exact) mass is 339 g/mol. The number of nitrogens with two attached hydrogens (primary N) is 1. The number of halogens is 2. The van der Waals surface area contributed by atoms with Gasteiger partial charge in [0.25, 0.3) is 0 Å². The number of hydrogen-bond donors (Lipinski definition) is 2. The molecule has 2 aromatic rings. The minimum absolute atomic E-state index is 0.259. The predicted molar refractivity (Wildman–Crippen MR) is 82.2 cm³/mol. The van der Waals surface area contributed by atoms with Gasteiger partial charge in [-0.3, -0.25) is 0 Å². The number of rotatable bonds is 3. The Kier molecular flexibility index (Phi) is 4.11. The summed E-state index contributed by atoms with van der Waals surface area (Å²) in [5, 5.41) is 3.11. The Morgan fingerprint density at radius 2 is 2.21 bits per heavy atom. The van der Waals surface area contributed by atoms with E-state index in [9.17, 15) is 4.39 Å². The summed E-state index contributed by atoms with van der Waals surface area (Å²) in [5.74, 6) is 0.246. The van der Waals surface area contributed by atoms with Crippen molar-refractivity contribution < 1.29 is 4.39 Å². The lowest BCUT2D eigenvalue weighted by molar-refractivity contribution is 0.620. The molecule has 0 fully saturated rings. The van der Waals surface area contributed by atoms with Gasteiger partial charge in [-0.15, -0.1) is 0 Å². The van der Waals surface area contributed by atoms with Crippen LogP contribution in [0.1, 0.15) is 11.1 Å². The molecule has 98 valence electrons. The molecule has 0 bridgehead atoms. The highest BCUT2D eigenvalue weighted by atomic mass is 79.9. The highest BCUT2D eigenvalue weighted by Crippen LogP contribution is 2.27. The molecule has 1 aromatic heterocycles. The summed E-state index contributed by atoms with van der Waals surface area (Å²) < 4.78 is 13.8. The molecule has 0 saturated heterocycles. The Bertz CT molecular complexity index is 646. The molecule has 0 radical (unpaired) electrons. The van der Waals surface area contributed by atoms with Crippen molar-refractivity contribution in [2.75, 3.05) is 5.32 Å². The van der Waals surface area contributed by atoms with Gasteiger partial charge in [0.05, 0.1) is 10.0 Å². The van der Waals surface area contributed by atoms with Gasteiger partial charge in [-0.25, -0.2) is 9.37 Å². The first kappa shape index (κ1) is 13.9. The topological polar surface area (TPSA) is 50.9 Å². The highest BCUT2D eigenvalue weighted by Gasteiger charge is 2.09. The van der Waals surface area contributed by atoms with Gasteiger partial charge in [-0.2, -0.15) is 0 Å². The SMILES string of the molecule is Cc1cc(F)c(Br)cc1Nc1ncccc1C(N)=S. The molecule has 0 saturated carbocycles. The van der Waals surface area contributed by atoms with Crippen LogP contribution in [-0.2, 0) is 0 Å². The van der Waals surface area contributed by atoms with Gasteiger partial charge < -0.3 is 11.1 Å². The Labute approximate surface area is 124 Å². The van der Waals surface area contributed by atoms with E-state index >= 15 is 0 Å². The smallest absolute Gasteiger partial charge is 0.140 e. The Balaban J connectivity index is 2.42. The van der Waals surface area contributed by atoms with Crippen LogP contribution in [0.25, 0.3) is 0 Å². The number of thiocarbonyl (C=S) groups is 1. The lowest BCUT2D eigenvalue weighted by atomic mass is 10.2. The molecule has 0 aliphatic rings. The number of aromatic nitrogens is 1. The summed E-state index contributed by atoms with van der Waals surface area (Å²) in [7, 11) is 0. The molecule has 1 heterocycles. The molecular formula is C13H11BrFN3S. The average molecular weight is 340 g/mol. The zero-order valence-electron chi connectivity index (χ0n) is 10.1. The molecule has 6 heteroatoms. The molecule has 2 rings (SSSR count). The molecule has 0 aliphatic carbocycles. The lowest BCUT2D eigenvalue weighted by Crippen LogP contribution is -2.13. The Morgan fingerprint density at radius 1 is 1.47 bits per heavy atom. The minimum Gasteiger partial charge on any atom is -0.389 e.